The maximum atomic E-state index is 13.4. The normalized spacial score (nSPS) is 10.4. The Morgan fingerprint density at radius 1 is 1.47 bits per heavy atom. The predicted octanol–water partition coefficient (Wildman–Crippen LogP) is 2.00. The van der Waals surface area contributed by atoms with Crippen LogP contribution < -0.4 is 5.73 Å². The Hall–Kier alpha value is -2.08. The van der Waals surface area contributed by atoms with Gasteiger partial charge in [0.05, 0.1) is 0 Å². The third-order valence-electron chi connectivity index (χ3n) is 2.35. The van der Waals surface area contributed by atoms with Crippen molar-refractivity contribution < 1.29 is 13.9 Å². The molecule has 2 aromatic rings. The van der Waals surface area contributed by atoms with Crippen LogP contribution in [0.2, 0.25) is 5.02 Å². The van der Waals surface area contributed by atoms with Gasteiger partial charge in [-0.1, -0.05) is 11.6 Å². The van der Waals surface area contributed by atoms with Gasteiger partial charge in [0, 0.05) is 16.8 Å². The minimum atomic E-state index is -0.539. The lowest BCUT2D eigenvalue weighted by Gasteiger charge is -2.06. The van der Waals surface area contributed by atoms with Crippen molar-refractivity contribution in [2.45, 2.75) is 13.2 Å². The Morgan fingerprint density at radius 3 is 2.95 bits per heavy atom. The lowest BCUT2D eigenvalue weighted by Crippen LogP contribution is -2.14. The molecule has 19 heavy (non-hydrogen) atoms. The monoisotopic (exact) mass is 283 g/mol. The van der Waals surface area contributed by atoms with Crippen molar-refractivity contribution in [3.8, 4) is 0 Å². The van der Waals surface area contributed by atoms with Crippen LogP contribution >= 0.6 is 11.6 Å². The van der Waals surface area contributed by atoms with Crippen molar-refractivity contribution in [1.82, 2.24) is 9.78 Å². The third kappa shape index (κ3) is 3.69. The first-order valence-electron chi connectivity index (χ1n) is 5.43. The second-order valence-electron chi connectivity index (χ2n) is 3.83. The van der Waals surface area contributed by atoms with Gasteiger partial charge in [-0.05, 0) is 24.3 Å². The summed E-state index contributed by atoms with van der Waals surface area (Å²) < 4.78 is 19.6. The van der Waals surface area contributed by atoms with Crippen molar-refractivity contribution >= 4 is 23.4 Å². The van der Waals surface area contributed by atoms with Crippen LogP contribution in [0.25, 0.3) is 0 Å². The van der Waals surface area contributed by atoms with Gasteiger partial charge in [-0.15, -0.1) is 0 Å². The van der Waals surface area contributed by atoms with Crippen LogP contribution in [0.5, 0.6) is 0 Å². The van der Waals surface area contributed by atoms with Gasteiger partial charge < -0.3 is 10.5 Å². The molecule has 0 amide bonds. The van der Waals surface area contributed by atoms with Gasteiger partial charge in [0.2, 0.25) is 0 Å². The standard InChI is InChI=1S/C12H11ClFN3O2/c13-9-1-2-10(14)8(5-9)7-19-12(18)6-17-4-3-11(15)16-17/h1-5H,6-7H2,(H2,15,16). The third-order valence-corrected chi connectivity index (χ3v) is 2.58. The largest absolute Gasteiger partial charge is 0.459 e. The van der Waals surface area contributed by atoms with Gasteiger partial charge in [0.1, 0.15) is 24.8 Å². The molecule has 0 radical (unpaired) electrons. The SMILES string of the molecule is Nc1ccn(CC(=O)OCc2cc(Cl)ccc2F)n1. The van der Waals surface area contributed by atoms with Crippen molar-refractivity contribution in [3.63, 3.8) is 0 Å². The number of halogens is 2. The van der Waals surface area contributed by atoms with Gasteiger partial charge in [0.15, 0.2) is 0 Å². The highest BCUT2D eigenvalue weighted by Gasteiger charge is 2.09. The number of rotatable bonds is 4. The van der Waals surface area contributed by atoms with E-state index in [4.69, 9.17) is 22.1 Å². The number of ether oxygens (including phenoxy) is 1. The Balaban J connectivity index is 1.91. The first-order chi connectivity index (χ1) is 9.04. The molecule has 0 saturated heterocycles. The topological polar surface area (TPSA) is 70.1 Å². The fraction of sp³-hybridized carbons (Fsp3) is 0.167. The second-order valence-corrected chi connectivity index (χ2v) is 4.27. The van der Waals surface area contributed by atoms with E-state index in [1.165, 1.54) is 22.9 Å². The summed E-state index contributed by atoms with van der Waals surface area (Å²) in [6.07, 6.45) is 1.55. The molecule has 0 bridgehead atoms. The molecule has 1 aromatic carbocycles. The number of nitrogen functional groups attached to an aromatic ring is 1. The zero-order valence-corrected chi connectivity index (χ0v) is 10.6. The van der Waals surface area contributed by atoms with Gasteiger partial charge in [-0.2, -0.15) is 5.10 Å². The zero-order chi connectivity index (χ0) is 13.8. The summed E-state index contributed by atoms with van der Waals surface area (Å²) in [5.74, 6) is -0.698. The van der Waals surface area contributed by atoms with Crippen molar-refractivity contribution in [1.29, 1.82) is 0 Å². The van der Waals surface area contributed by atoms with E-state index in [1.807, 2.05) is 0 Å². The molecule has 7 heteroatoms. The van der Waals surface area contributed by atoms with E-state index in [1.54, 1.807) is 12.3 Å². The number of nitrogens with zero attached hydrogens (tertiary/aromatic N) is 2. The highest BCUT2D eigenvalue weighted by atomic mass is 35.5. The maximum absolute atomic E-state index is 13.4. The van der Waals surface area contributed by atoms with E-state index in [9.17, 15) is 9.18 Å². The minimum Gasteiger partial charge on any atom is -0.459 e. The molecule has 0 aliphatic heterocycles. The molecular weight excluding hydrogens is 273 g/mol. The van der Waals surface area contributed by atoms with E-state index in [0.717, 1.165) is 0 Å². The van der Waals surface area contributed by atoms with Crippen LogP contribution in [0.4, 0.5) is 10.2 Å². The minimum absolute atomic E-state index is 0.0839. The Morgan fingerprint density at radius 2 is 2.26 bits per heavy atom. The molecule has 0 atom stereocenters. The van der Waals surface area contributed by atoms with Gasteiger partial charge in [0.25, 0.3) is 0 Å². The Kier molecular flexibility index (Phi) is 4.01. The molecule has 0 spiro atoms. The molecule has 0 aliphatic carbocycles. The molecule has 0 fully saturated rings. The summed E-state index contributed by atoms with van der Waals surface area (Å²) in [5.41, 5.74) is 5.63. The molecule has 1 heterocycles. The van der Waals surface area contributed by atoms with Crippen LogP contribution in [-0.2, 0) is 22.7 Å². The summed E-state index contributed by atoms with van der Waals surface area (Å²) in [5, 5.41) is 4.22. The lowest BCUT2D eigenvalue weighted by molar-refractivity contribution is -0.145. The summed E-state index contributed by atoms with van der Waals surface area (Å²) in [6.45, 7) is -0.263. The van der Waals surface area contributed by atoms with Crippen LogP contribution in [0.1, 0.15) is 5.56 Å². The number of hydrogen-bond donors (Lipinski definition) is 1. The molecule has 0 unspecified atom stereocenters. The summed E-state index contributed by atoms with van der Waals surface area (Å²) >= 11 is 5.73. The zero-order valence-electron chi connectivity index (χ0n) is 9.85. The van der Waals surface area contributed by atoms with Crippen molar-refractivity contribution in [3.05, 3.63) is 46.9 Å². The van der Waals surface area contributed by atoms with Crippen LogP contribution in [0.3, 0.4) is 0 Å². The van der Waals surface area contributed by atoms with E-state index < -0.39 is 11.8 Å². The predicted molar refractivity (Wildman–Crippen MR) is 67.8 cm³/mol. The second kappa shape index (κ2) is 5.71. The number of nitrogens with two attached hydrogens (primary N) is 1. The number of anilines is 1. The summed E-state index contributed by atoms with van der Waals surface area (Å²) in [4.78, 5) is 11.5. The fourth-order valence-corrected chi connectivity index (χ4v) is 1.65. The number of benzene rings is 1. The number of carbonyl (C=O) groups is 1. The smallest absolute Gasteiger partial charge is 0.328 e. The molecule has 2 rings (SSSR count). The van der Waals surface area contributed by atoms with Crippen LogP contribution in [0, 0.1) is 5.82 Å². The van der Waals surface area contributed by atoms with Crippen LogP contribution in [0.15, 0.2) is 30.5 Å². The lowest BCUT2D eigenvalue weighted by atomic mass is 10.2. The number of esters is 1. The van der Waals surface area contributed by atoms with Crippen LogP contribution in [-0.4, -0.2) is 15.7 Å². The summed E-state index contributed by atoms with van der Waals surface area (Å²) in [7, 11) is 0. The van der Waals surface area contributed by atoms with E-state index in [0.29, 0.717) is 10.8 Å². The Bertz CT molecular complexity index is 600. The molecule has 5 nitrogen and oxygen atoms in total. The summed E-state index contributed by atoms with van der Waals surface area (Å²) in [6, 6.07) is 5.62. The highest BCUT2D eigenvalue weighted by Crippen LogP contribution is 2.15. The number of hydrogen-bond acceptors (Lipinski definition) is 4. The maximum Gasteiger partial charge on any atom is 0.328 e. The molecule has 0 saturated carbocycles. The molecular formula is C12H11ClFN3O2. The quantitative estimate of drug-likeness (QED) is 0.871. The molecule has 1 aromatic heterocycles. The first-order valence-corrected chi connectivity index (χ1v) is 5.81. The van der Waals surface area contributed by atoms with Gasteiger partial charge in [-0.25, -0.2) is 4.39 Å². The van der Waals surface area contributed by atoms with E-state index >= 15 is 0 Å². The van der Waals surface area contributed by atoms with E-state index in [2.05, 4.69) is 5.10 Å². The molecule has 100 valence electrons. The first kappa shape index (κ1) is 13.4. The van der Waals surface area contributed by atoms with E-state index in [-0.39, 0.29) is 18.7 Å². The highest BCUT2D eigenvalue weighted by molar-refractivity contribution is 6.30. The molecule has 0 aliphatic rings. The average Bonchev–Trinajstić information content (AvgIpc) is 2.76. The van der Waals surface area contributed by atoms with Crippen molar-refractivity contribution in [2.75, 3.05) is 5.73 Å². The average molecular weight is 284 g/mol. The van der Waals surface area contributed by atoms with Gasteiger partial charge >= 0.3 is 5.97 Å². The number of aromatic nitrogens is 2. The van der Waals surface area contributed by atoms with Gasteiger partial charge in [-0.3, -0.25) is 9.48 Å². The Labute approximate surface area is 113 Å². The molecule has 2 N–H and O–H groups in total. The van der Waals surface area contributed by atoms with Crippen molar-refractivity contribution in [2.24, 2.45) is 0 Å². The fourth-order valence-electron chi connectivity index (χ4n) is 1.46. The number of carbonyl (C=O) groups excluding carboxylic acids is 1.